The standard InChI is InChI=1S/C23H30N2O2/c1-2-16-25(23(27)19-12-7-4-8-13-19)21-15-9-14-20(17-21)24-22(26)18-10-5-3-6-11-18/h3-5,7,9,14-15,17-19H,2,6,8,10-13,16H2,1H3,(H,24,26)/t18-,19-/m1/s1. The molecule has 2 amide bonds. The van der Waals surface area contributed by atoms with Crippen molar-refractivity contribution in [1.82, 2.24) is 0 Å². The molecule has 0 aliphatic heterocycles. The van der Waals surface area contributed by atoms with Crippen LogP contribution in [0.25, 0.3) is 0 Å². The average molecular weight is 367 g/mol. The molecule has 4 heteroatoms. The topological polar surface area (TPSA) is 49.4 Å². The van der Waals surface area contributed by atoms with Crippen molar-refractivity contribution < 1.29 is 9.59 Å². The van der Waals surface area contributed by atoms with Gasteiger partial charge >= 0.3 is 0 Å². The highest BCUT2D eigenvalue weighted by molar-refractivity contribution is 5.97. The minimum atomic E-state index is 0.0426. The summed E-state index contributed by atoms with van der Waals surface area (Å²) in [6.45, 7) is 2.78. The zero-order chi connectivity index (χ0) is 19.1. The molecule has 0 aromatic heterocycles. The second kappa shape index (κ2) is 9.54. The smallest absolute Gasteiger partial charge is 0.230 e. The van der Waals surface area contributed by atoms with Gasteiger partial charge in [0.15, 0.2) is 0 Å². The van der Waals surface area contributed by atoms with E-state index in [9.17, 15) is 9.59 Å². The van der Waals surface area contributed by atoms with E-state index in [2.05, 4.69) is 36.5 Å². The average Bonchev–Trinajstić information content (AvgIpc) is 2.73. The maximum absolute atomic E-state index is 13.1. The number of carbonyl (C=O) groups excluding carboxylic acids is 2. The van der Waals surface area contributed by atoms with Crippen LogP contribution in [0.4, 0.5) is 11.4 Å². The second-order valence-electron chi connectivity index (χ2n) is 7.49. The quantitative estimate of drug-likeness (QED) is 0.714. The molecule has 0 spiro atoms. The summed E-state index contributed by atoms with van der Waals surface area (Å²) in [6, 6.07) is 7.72. The second-order valence-corrected chi connectivity index (χ2v) is 7.49. The van der Waals surface area contributed by atoms with Gasteiger partial charge in [-0.1, -0.05) is 37.3 Å². The summed E-state index contributed by atoms with van der Waals surface area (Å²) in [7, 11) is 0. The molecule has 0 radical (unpaired) electrons. The molecule has 1 N–H and O–H groups in total. The Hall–Kier alpha value is -2.36. The van der Waals surface area contributed by atoms with E-state index >= 15 is 0 Å². The van der Waals surface area contributed by atoms with E-state index in [-0.39, 0.29) is 23.7 Å². The lowest BCUT2D eigenvalue weighted by Gasteiger charge is -2.28. The summed E-state index contributed by atoms with van der Waals surface area (Å²) in [5.41, 5.74) is 1.64. The zero-order valence-electron chi connectivity index (χ0n) is 16.2. The highest BCUT2D eigenvalue weighted by Crippen LogP contribution is 2.27. The largest absolute Gasteiger partial charge is 0.326 e. The Morgan fingerprint density at radius 2 is 1.74 bits per heavy atom. The Labute approximate surface area is 162 Å². The van der Waals surface area contributed by atoms with Crippen LogP contribution >= 0.6 is 0 Å². The molecule has 3 rings (SSSR count). The lowest BCUT2D eigenvalue weighted by Crippen LogP contribution is -2.37. The number of hydrogen-bond acceptors (Lipinski definition) is 2. The van der Waals surface area contributed by atoms with Crippen molar-refractivity contribution >= 4 is 23.2 Å². The molecule has 2 aliphatic carbocycles. The number of rotatable bonds is 6. The Morgan fingerprint density at radius 1 is 1.04 bits per heavy atom. The normalized spacial score (nSPS) is 21.7. The Bertz CT molecular complexity index is 723. The van der Waals surface area contributed by atoms with Crippen LogP contribution in [-0.2, 0) is 9.59 Å². The van der Waals surface area contributed by atoms with Gasteiger partial charge in [0, 0.05) is 29.8 Å². The first-order valence-electron chi connectivity index (χ1n) is 10.2. The van der Waals surface area contributed by atoms with E-state index in [4.69, 9.17) is 0 Å². The lowest BCUT2D eigenvalue weighted by molar-refractivity contribution is -0.122. The van der Waals surface area contributed by atoms with Crippen LogP contribution in [0.15, 0.2) is 48.6 Å². The number of anilines is 2. The maximum Gasteiger partial charge on any atom is 0.230 e. The third kappa shape index (κ3) is 5.09. The molecule has 2 aliphatic rings. The molecule has 0 saturated heterocycles. The van der Waals surface area contributed by atoms with Gasteiger partial charge in [0.1, 0.15) is 0 Å². The predicted molar refractivity (Wildman–Crippen MR) is 111 cm³/mol. The first kappa shape index (κ1) is 19.4. The van der Waals surface area contributed by atoms with Gasteiger partial charge in [0.2, 0.25) is 11.8 Å². The molecule has 27 heavy (non-hydrogen) atoms. The SMILES string of the molecule is CCCN(C(=O)[C@@H]1CC=CCC1)c1cccc(NC(=O)[C@@H]2CC=CCC2)c1. The van der Waals surface area contributed by atoms with Gasteiger partial charge in [0.05, 0.1) is 0 Å². The third-order valence-corrected chi connectivity index (χ3v) is 5.40. The highest BCUT2D eigenvalue weighted by atomic mass is 16.2. The summed E-state index contributed by atoms with van der Waals surface area (Å²) in [5, 5.41) is 3.05. The van der Waals surface area contributed by atoms with Crippen molar-refractivity contribution in [1.29, 1.82) is 0 Å². The summed E-state index contributed by atoms with van der Waals surface area (Å²) >= 11 is 0. The van der Waals surface area contributed by atoms with Crippen LogP contribution in [-0.4, -0.2) is 18.4 Å². The van der Waals surface area contributed by atoms with Gasteiger partial charge < -0.3 is 10.2 Å². The minimum absolute atomic E-state index is 0.0426. The number of amides is 2. The third-order valence-electron chi connectivity index (χ3n) is 5.40. The van der Waals surface area contributed by atoms with Crippen LogP contribution in [0.1, 0.15) is 51.9 Å². The van der Waals surface area contributed by atoms with Crippen molar-refractivity contribution in [2.45, 2.75) is 51.9 Å². The van der Waals surface area contributed by atoms with Crippen molar-refractivity contribution in [3.8, 4) is 0 Å². The van der Waals surface area contributed by atoms with Gasteiger partial charge in [0.25, 0.3) is 0 Å². The number of nitrogens with zero attached hydrogens (tertiary/aromatic N) is 1. The van der Waals surface area contributed by atoms with Gasteiger partial charge in [-0.05, 0) is 63.1 Å². The zero-order valence-corrected chi connectivity index (χ0v) is 16.2. The fraction of sp³-hybridized carbons (Fsp3) is 0.478. The summed E-state index contributed by atoms with van der Waals surface area (Å²) in [6.07, 6.45) is 14.8. The Kier molecular flexibility index (Phi) is 6.86. The van der Waals surface area contributed by atoms with Crippen molar-refractivity contribution in [2.75, 3.05) is 16.8 Å². The van der Waals surface area contributed by atoms with Crippen molar-refractivity contribution in [2.24, 2.45) is 11.8 Å². The fourth-order valence-electron chi connectivity index (χ4n) is 3.86. The van der Waals surface area contributed by atoms with E-state index in [0.29, 0.717) is 6.54 Å². The molecule has 2 atom stereocenters. The van der Waals surface area contributed by atoms with Crippen LogP contribution in [0, 0.1) is 11.8 Å². The van der Waals surface area contributed by atoms with Gasteiger partial charge in [-0.15, -0.1) is 0 Å². The van der Waals surface area contributed by atoms with Crippen molar-refractivity contribution in [3.05, 3.63) is 48.6 Å². The molecule has 0 unspecified atom stereocenters. The monoisotopic (exact) mass is 366 g/mol. The van der Waals surface area contributed by atoms with E-state index < -0.39 is 0 Å². The summed E-state index contributed by atoms with van der Waals surface area (Å²) in [5.74, 6) is 0.374. The first-order valence-corrected chi connectivity index (χ1v) is 10.2. The fourth-order valence-corrected chi connectivity index (χ4v) is 3.86. The maximum atomic E-state index is 13.1. The molecule has 144 valence electrons. The van der Waals surface area contributed by atoms with Gasteiger partial charge in [-0.2, -0.15) is 0 Å². The van der Waals surface area contributed by atoms with Crippen molar-refractivity contribution in [3.63, 3.8) is 0 Å². The molecule has 0 saturated carbocycles. The Morgan fingerprint density at radius 3 is 2.37 bits per heavy atom. The highest BCUT2D eigenvalue weighted by Gasteiger charge is 2.25. The first-order chi connectivity index (χ1) is 13.2. The van der Waals surface area contributed by atoms with E-state index in [1.165, 1.54) is 0 Å². The molecule has 0 fully saturated rings. The van der Waals surface area contributed by atoms with E-state index in [0.717, 1.165) is 56.3 Å². The number of hydrogen-bond donors (Lipinski definition) is 1. The molecule has 0 heterocycles. The van der Waals surface area contributed by atoms with E-state index in [1.54, 1.807) is 0 Å². The van der Waals surface area contributed by atoms with Crippen LogP contribution < -0.4 is 10.2 Å². The predicted octanol–water partition coefficient (Wildman–Crippen LogP) is 5.08. The van der Waals surface area contributed by atoms with Crippen LogP contribution in [0.5, 0.6) is 0 Å². The summed E-state index contributed by atoms with van der Waals surface area (Å²) < 4.78 is 0. The lowest BCUT2D eigenvalue weighted by atomic mass is 9.92. The van der Waals surface area contributed by atoms with Gasteiger partial charge in [-0.25, -0.2) is 0 Å². The molecular formula is C23H30N2O2. The molecule has 4 nitrogen and oxygen atoms in total. The van der Waals surface area contributed by atoms with Crippen LogP contribution in [0.2, 0.25) is 0 Å². The number of benzene rings is 1. The van der Waals surface area contributed by atoms with E-state index in [1.807, 2.05) is 29.2 Å². The van der Waals surface area contributed by atoms with Crippen LogP contribution in [0.3, 0.4) is 0 Å². The van der Waals surface area contributed by atoms with Gasteiger partial charge in [-0.3, -0.25) is 9.59 Å². The molecule has 0 bridgehead atoms. The molecular weight excluding hydrogens is 336 g/mol. The minimum Gasteiger partial charge on any atom is -0.326 e. The molecule has 1 aromatic carbocycles. The number of nitrogens with one attached hydrogen (secondary N) is 1. The number of allylic oxidation sites excluding steroid dienone is 4. The number of carbonyl (C=O) groups is 2. The summed E-state index contributed by atoms with van der Waals surface area (Å²) in [4.78, 5) is 27.5. The molecule has 1 aromatic rings. The Balaban J connectivity index is 1.72.